The Balaban J connectivity index is 1.80. The molecule has 1 aliphatic heterocycles. The second-order valence-corrected chi connectivity index (χ2v) is 5.77. The van der Waals surface area contributed by atoms with Gasteiger partial charge >= 0.3 is 0 Å². The molecule has 2 rings (SSSR count). The van der Waals surface area contributed by atoms with E-state index in [2.05, 4.69) is 38.5 Å². The SMILES string of the molecule is CN1CCNCC1CC(=O)NCc1ccccc1Br. The Morgan fingerprint density at radius 2 is 2.32 bits per heavy atom. The largest absolute Gasteiger partial charge is 0.352 e. The van der Waals surface area contributed by atoms with Gasteiger partial charge in [-0.15, -0.1) is 0 Å². The first-order valence-corrected chi connectivity index (χ1v) is 7.37. The molecule has 1 unspecified atom stereocenters. The molecule has 0 aromatic heterocycles. The summed E-state index contributed by atoms with van der Waals surface area (Å²) in [6.07, 6.45) is 0.550. The number of hydrogen-bond donors (Lipinski definition) is 2. The van der Waals surface area contributed by atoms with E-state index in [0.717, 1.165) is 29.7 Å². The number of carbonyl (C=O) groups is 1. The number of rotatable bonds is 4. The number of nitrogens with zero attached hydrogens (tertiary/aromatic N) is 1. The summed E-state index contributed by atoms with van der Waals surface area (Å²) in [4.78, 5) is 14.2. The number of halogens is 1. The summed E-state index contributed by atoms with van der Waals surface area (Å²) >= 11 is 3.48. The average molecular weight is 326 g/mol. The second-order valence-electron chi connectivity index (χ2n) is 4.91. The fourth-order valence-corrected chi connectivity index (χ4v) is 2.64. The first-order chi connectivity index (χ1) is 9.16. The van der Waals surface area contributed by atoms with Gasteiger partial charge in [0.1, 0.15) is 0 Å². The molecule has 4 nitrogen and oxygen atoms in total. The van der Waals surface area contributed by atoms with Crippen LogP contribution in [-0.4, -0.2) is 43.5 Å². The Morgan fingerprint density at radius 1 is 1.53 bits per heavy atom. The van der Waals surface area contributed by atoms with E-state index in [1.54, 1.807) is 0 Å². The Kier molecular flexibility index (Phi) is 5.36. The molecule has 2 N–H and O–H groups in total. The maximum Gasteiger partial charge on any atom is 0.221 e. The quantitative estimate of drug-likeness (QED) is 0.878. The van der Waals surface area contributed by atoms with Crippen LogP contribution >= 0.6 is 15.9 Å². The summed E-state index contributed by atoms with van der Waals surface area (Å²) in [5.41, 5.74) is 1.10. The van der Waals surface area contributed by atoms with Crippen molar-refractivity contribution in [2.45, 2.75) is 19.0 Å². The van der Waals surface area contributed by atoms with Crippen molar-refractivity contribution in [2.24, 2.45) is 0 Å². The van der Waals surface area contributed by atoms with E-state index < -0.39 is 0 Å². The number of amides is 1. The Hall–Kier alpha value is -0.910. The zero-order valence-electron chi connectivity index (χ0n) is 11.2. The molecule has 104 valence electrons. The number of piperazine rings is 1. The maximum absolute atomic E-state index is 12.0. The van der Waals surface area contributed by atoms with Crippen molar-refractivity contribution in [2.75, 3.05) is 26.7 Å². The summed E-state index contributed by atoms with van der Waals surface area (Å²) in [5.74, 6) is 0.108. The molecule has 0 bridgehead atoms. The van der Waals surface area contributed by atoms with Crippen LogP contribution in [0.1, 0.15) is 12.0 Å². The van der Waals surface area contributed by atoms with Gasteiger partial charge in [0.05, 0.1) is 0 Å². The molecule has 0 spiro atoms. The topological polar surface area (TPSA) is 44.4 Å². The standard InChI is InChI=1S/C14H20BrN3O/c1-18-7-6-16-10-12(18)8-14(19)17-9-11-4-2-3-5-13(11)15/h2-5,12,16H,6-10H2,1H3,(H,17,19). The minimum atomic E-state index is 0.108. The molecule has 0 saturated carbocycles. The zero-order chi connectivity index (χ0) is 13.7. The monoisotopic (exact) mass is 325 g/mol. The van der Waals surface area contributed by atoms with Crippen LogP contribution < -0.4 is 10.6 Å². The molecule has 1 saturated heterocycles. The fourth-order valence-electron chi connectivity index (χ4n) is 2.21. The van der Waals surface area contributed by atoms with Crippen LogP contribution in [0.5, 0.6) is 0 Å². The van der Waals surface area contributed by atoms with Gasteiger partial charge in [-0.1, -0.05) is 34.1 Å². The maximum atomic E-state index is 12.0. The van der Waals surface area contributed by atoms with E-state index in [9.17, 15) is 4.79 Å². The van der Waals surface area contributed by atoms with Crippen LogP contribution in [0.3, 0.4) is 0 Å². The van der Waals surface area contributed by atoms with Crippen LogP contribution in [0.4, 0.5) is 0 Å². The third-order valence-electron chi connectivity index (χ3n) is 3.50. The Bertz CT molecular complexity index is 438. The van der Waals surface area contributed by atoms with E-state index in [4.69, 9.17) is 0 Å². The molecule has 1 amide bonds. The predicted molar refractivity (Wildman–Crippen MR) is 79.9 cm³/mol. The van der Waals surface area contributed by atoms with Gasteiger partial charge in [0.2, 0.25) is 5.91 Å². The number of nitrogens with one attached hydrogen (secondary N) is 2. The molecule has 1 aromatic rings. The third-order valence-corrected chi connectivity index (χ3v) is 4.27. The second kappa shape index (κ2) is 7.03. The third kappa shape index (κ3) is 4.30. The van der Waals surface area contributed by atoms with Crippen molar-refractivity contribution in [3.05, 3.63) is 34.3 Å². The number of likely N-dealkylation sites (N-methyl/N-ethyl adjacent to an activating group) is 1. The molecule has 1 heterocycles. The smallest absolute Gasteiger partial charge is 0.221 e. The van der Waals surface area contributed by atoms with E-state index in [-0.39, 0.29) is 5.91 Å². The molecular formula is C14H20BrN3O. The van der Waals surface area contributed by atoms with Gasteiger partial charge in [-0.25, -0.2) is 0 Å². The van der Waals surface area contributed by atoms with Crippen molar-refractivity contribution < 1.29 is 4.79 Å². The Labute approximate surface area is 122 Å². The van der Waals surface area contributed by atoms with E-state index in [1.807, 2.05) is 24.3 Å². The molecule has 0 radical (unpaired) electrons. The molecule has 1 aliphatic rings. The number of hydrogen-bond acceptors (Lipinski definition) is 3. The fraction of sp³-hybridized carbons (Fsp3) is 0.500. The predicted octanol–water partition coefficient (Wildman–Crippen LogP) is 1.36. The van der Waals surface area contributed by atoms with Crippen LogP contribution in [0.2, 0.25) is 0 Å². The van der Waals surface area contributed by atoms with Crippen LogP contribution in [0, 0.1) is 0 Å². The lowest BCUT2D eigenvalue weighted by molar-refractivity contribution is -0.122. The summed E-state index contributed by atoms with van der Waals surface area (Å²) in [6, 6.07) is 8.25. The molecule has 1 fully saturated rings. The highest BCUT2D eigenvalue weighted by Crippen LogP contribution is 2.15. The molecule has 5 heteroatoms. The minimum absolute atomic E-state index is 0.108. The lowest BCUT2D eigenvalue weighted by Crippen LogP contribution is -2.50. The molecule has 19 heavy (non-hydrogen) atoms. The van der Waals surface area contributed by atoms with E-state index >= 15 is 0 Å². The zero-order valence-corrected chi connectivity index (χ0v) is 12.7. The molecule has 0 aliphatic carbocycles. The highest BCUT2D eigenvalue weighted by Gasteiger charge is 2.21. The number of carbonyl (C=O) groups excluding carboxylic acids is 1. The highest BCUT2D eigenvalue weighted by atomic mass is 79.9. The van der Waals surface area contributed by atoms with Crippen molar-refractivity contribution in [1.29, 1.82) is 0 Å². The van der Waals surface area contributed by atoms with Crippen molar-refractivity contribution in [1.82, 2.24) is 15.5 Å². The molecule has 1 aromatic carbocycles. The van der Waals surface area contributed by atoms with Gasteiger partial charge in [0.25, 0.3) is 0 Å². The summed E-state index contributed by atoms with van der Waals surface area (Å²) < 4.78 is 1.03. The van der Waals surface area contributed by atoms with Gasteiger partial charge in [-0.05, 0) is 18.7 Å². The van der Waals surface area contributed by atoms with E-state index in [0.29, 0.717) is 19.0 Å². The Morgan fingerprint density at radius 3 is 3.05 bits per heavy atom. The summed E-state index contributed by atoms with van der Waals surface area (Å²) in [6.45, 7) is 3.47. The van der Waals surface area contributed by atoms with Gasteiger partial charge in [-0.3, -0.25) is 4.79 Å². The van der Waals surface area contributed by atoms with Crippen molar-refractivity contribution in [3.63, 3.8) is 0 Å². The summed E-state index contributed by atoms with van der Waals surface area (Å²) in [7, 11) is 2.08. The van der Waals surface area contributed by atoms with Crippen molar-refractivity contribution >= 4 is 21.8 Å². The van der Waals surface area contributed by atoms with E-state index in [1.165, 1.54) is 0 Å². The number of benzene rings is 1. The van der Waals surface area contributed by atoms with Crippen molar-refractivity contribution in [3.8, 4) is 0 Å². The lowest BCUT2D eigenvalue weighted by atomic mass is 10.1. The molecule has 1 atom stereocenters. The molecular weight excluding hydrogens is 306 g/mol. The average Bonchev–Trinajstić information content (AvgIpc) is 2.40. The van der Waals surface area contributed by atoms with Crippen LogP contribution in [-0.2, 0) is 11.3 Å². The van der Waals surface area contributed by atoms with Crippen LogP contribution in [0.15, 0.2) is 28.7 Å². The van der Waals surface area contributed by atoms with Gasteiger partial charge in [-0.2, -0.15) is 0 Å². The lowest BCUT2D eigenvalue weighted by Gasteiger charge is -2.32. The van der Waals surface area contributed by atoms with Gasteiger partial charge < -0.3 is 15.5 Å². The highest BCUT2D eigenvalue weighted by molar-refractivity contribution is 9.10. The van der Waals surface area contributed by atoms with Gasteiger partial charge in [0.15, 0.2) is 0 Å². The first kappa shape index (κ1) is 14.5. The van der Waals surface area contributed by atoms with Gasteiger partial charge in [0, 0.05) is 43.1 Å². The first-order valence-electron chi connectivity index (χ1n) is 6.58. The summed E-state index contributed by atoms with van der Waals surface area (Å²) in [5, 5.41) is 6.31. The van der Waals surface area contributed by atoms with Crippen LogP contribution in [0.25, 0.3) is 0 Å². The normalized spacial score (nSPS) is 20.2. The minimum Gasteiger partial charge on any atom is -0.352 e.